The molecule has 0 bridgehead atoms. The number of hydrogen-bond donors (Lipinski definition) is 3. The Morgan fingerprint density at radius 1 is 1.59 bits per heavy atom. The number of hydrogen-bond acceptors (Lipinski definition) is 4. The van der Waals surface area contributed by atoms with Crippen molar-refractivity contribution in [3.63, 3.8) is 0 Å². The second-order valence-corrected chi connectivity index (χ2v) is 6.31. The molecule has 1 aromatic heterocycles. The fourth-order valence-electron chi connectivity index (χ4n) is 1.91. The summed E-state index contributed by atoms with van der Waals surface area (Å²) in [6.45, 7) is 3.79. The van der Waals surface area contributed by atoms with Crippen molar-refractivity contribution in [3.05, 3.63) is 11.4 Å². The van der Waals surface area contributed by atoms with Crippen molar-refractivity contribution in [1.29, 1.82) is 0 Å². The van der Waals surface area contributed by atoms with E-state index >= 15 is 0 Å². The van der Waals surface area contributed by atoms with E-state index < -0.39 is 10.0 Å². The van der Waals surface area contributed by atoms with Crippen LogP contribution in [-0.4, -0.2) is 30.3 Å². The van der Waals surface area contributed by atoms with Crippen molar-refractivity contribution in [2.75, 3.05) is 6.54 Å². The van der Waals surface area contributed by atoms with E-state index in [2.05, 4.69) is 21.8 Å². The molecule has 1 aliphatic carbocycles. The van der Waals surface area contributed by atoms with Crippen LogP contribution in [0.4, 0.5) is 0 Å². The minimum absolute atomic E-state index is 0.0771. The molecule has 0 amide bonds. The van der Waals surface area contributed by atoms with E-state index in [-0.39, 0.29) is 17.2 Å². The van der Waals surface area contributed by atoms with Gasteiger partial charge in [-0.15, -0.1) is 0 Å². The molecule has 1 aromatic rings. The molecule has 1 fully saturated rings. The molecule has 2 unspecified atom stereocenters. The van der Waals surface area contributed by atoms with E-state index in [1.165, 1.54) is 0 Å². The van der Waals surface area contributed by atoms with Crippen molar-refractivity contribution in [1.82, 2.24) is 14.9 Å². The zero-order valence-electron chi connectivity index (χ0n) is 9.90. The van der Waals surface area contributed by atoms with Gasteiger partial charge in [-0.25, -0.2) is 13.1 Å². The lowest BCUT2D eigenvalue weighted by atomic mass is 10.3. The van der Waals surface area contributed by atoms with Gasteiger partial charge in [0.05, 0.1) is 12.3 Å². The Kier molecular flexibility index (Phi) is 3.24. The van der Waals surface area contributed by atoms with Crippen LogP contribution in [0, 0.1) is 18.8 Å². The van der Waals surface area contributed by atoms with E-state index in [0.717, 1.165) is 6.42 Å². The Morgan fingerprint density at radius 3 is 2.76 bits per heavy atom. The fraction of sp³-hybridized carbons (Fsp3) is 0.700. The second-order valence-electron chi connectivity index (χ2n) is 4.61. The van der Waals surface area contributed by atoms with Gasteiger partial charge in [0.15, 0.2) is 0 Å². The molecule has 0 aromatic carbocycles. The maximum Gasteiger partial charge on any atom is 0.244 e. The maximum atomic E-state index is 12.1. The predicted octanol–water partition coefficient (Wildman–Crippen LogP) is 0.145. The molecule has 96 valence electrons. The molecule has 2 rings (SSSR count). The highest BCUT2D eigenvalue weighted by atomic mass is 32.2. The van der Waals surface area contributed by atoms with Gasteiger partial charge in [-0.2, -0.15) is 5.10 Å². The number of nitrogens with one attached hydrogen (secondary N) is 2. The van der Waals surface area contributed by atoms with Crippen LogP contribution in [0.5, 0.6) is 0 Å². The van der Waals surface area contributed by atoms with Crippen molar-refractivity contribution in [3.8, 4) is 0 Å². The van der Waals surface area contributed by atoms with Crippen LogP contribution in [0.2, 0.25) is 0 Å². The molecule has 0 spiro atoms. The first-order chi connectivity index (χ1) is 7.95. The monoisotopic (exact) mass is 259 g/mol. The van der Waals surface area contributed by atoms with Crippen LogP contribution in [0.1, 0.15) is 24.7 Å². The van der Waals surface area contributed by atoms with Gasteiger partial charge in [0.25, 0.3) is 0 Å². The normalized spacial score (nSPS) is 23.9. The van der Waals surface area contributed by atoms with Gasteiger partial charge >= 0.3 is 0 Å². The van der Waals surface area contributed by atoms with Crippen LogP contribution < -0.4 is 4.72 Å². The van der Waals surface area contributed by atoms with E-state index in [1.54, 1.807) is 6.92 Å². The predicted molar refractivity (Wildman–Crippen MR) is 61.7 cm³/mol. The molecule has 0 aliphatic heterocycles. The van der Waals surface area contributed by atoms with Gasteiger partial charge in [0, 0.05) is 6.54 Å². The highest BCUT2D eigenvalue weighted by Gasteiger charge is 2.34. The summed E-state index contributed by atoms with van der Waals surface area (Å²) < 4.78 is 26.7. The summed E-state index contributed by atoms with van der Waals surface area (Å²) in [4.78, 5) is 0.0771. The molecule has 0 radical (unpaired) electrons. The smallest absolute Gasteiger partial charge is 0.244 e. The van der Waals surface area contributed by atoms with Gasteiger partial charge in [-0.05, 0) is 25.2 Å². The molecule has 3 N–H and O–H groups in total. The third-order valence-electron chi connectivity index (χ3n) is 3.19. The average molecular weight is 259 g/mol. The fourth-order valence-corrected chi connectivity index (χ4v) is 3.35. The quantitative estimate of drug-likeness (QED) is 0.701. The van der Waals surface area contributed by atoms with Crippen molar-refractivity contribution in [2.45, 2.75) is 31.8 Å². The summed E-state index contributed by atoms with van der Waals surface area (Å²) >= 11 is 0. The summed E-state index contributed by atoms with van der Waals surface area (Å²) in [5.41, 5.74) is 0.615. The number of aliphatic hydroxyl groups is 1. The van der Waals surface area contributed by atoms with Crippen LogP contribution in [0.3, 0.4) is 0 Å². The highest BCUT2D eigenvalue weighted by molar-refractivity contribution is 7.89. The van der Waals surface area contributed by atoms with Gasteiger partial charge in [-0.1, -0.05) is 6.92 Å². The third-order valence-corrected chi connectivity index (χ3v) is 4.82. The van der Waals surface area contributed by atoms with Crippen LogP contribution in [0.25, 0.3) is 0 Å². The first kappa shape index (κ1) is 12.5. The molecule has 1 saturated carbocycles. The number of aromatic amines is 1. The third kappa shape index (κ3) is 2.51. The molecule has 7 heteroatoms. The minimum Gasteiger partial charge on any atom is -0.390 e. The lowest BCUT2D eigenvalue weighted by molar-refractivity contribution is 0.273. The standard InChI is InChI=1S/C10H17N3O3S/c1-6-3-8(6)4-11-17(15,16)10-7(2)12-13-9(10)5-14/h6,8,11,14H,3-5H2,1-2H3,(H,12,13). The summed E-state index contributed by atoms with van der Waals surface area (Å²) in [5.74, 6) is 1.04. The Labute approximate surface area is 100 Å². The number of rotatable bonds is 5. The zero-order valence-corrected chi connectivity index (χ0v) is 10.7. The molecular formula is C10H17N3O3S. The van der Waals surface area contributed by atoms with Gasteiger partial charge in [0.1, 0.15) is 10.6 Å². The molecule has 6 nitrogen and oxygen atoms in total. The van der Waals surface area contributed by atoms with Gasteiger partial charge in [0.2, 0.25) is 10.0 Å². The number of nitrogens with zero attached hydrogens (tertiary/aromatic N) is 1. The second kappa shape index (κ2) is 4.40. The summed E-state index contributed by atoms with van der Waals surface area (Å²) in [6.07, 6.45) is 1.07. The van der Waals surface area contributed by atoms with Gasteiger partial charge in [-0.3, -0.25) is 5.10 Å². The molecule has 17 heavy (non-hydrogen) atoms. The van der Waals surface area contributed by atoms with Crippen LogP contribution in [0.15, 0.2) is 4.90 Å². The Morgan fingerprint density at radius 2 is 2.24 bits per heavy atom. The number of sulfonamides is 1. The molecule has 0 saturated heterocycles. The average Bonchev–Trinajstić information content (AvgIpc) is 2.82. The highest BCUT2D eigenvalue weighted by Crippen LogP contribution is 2.37. The van der Waals surface area contributed by atoms with Crippen LogP contribution in [-0.2, 0) is 16.6 Å². The van der Waals surface area contributed by atoms with Crippen molar-refractivity contribution < 1.29 is 13.5 Å². The topological polar surface area (TPSA) is 95.1 Å². The molecular weight excluding hydrogens is 242 g/mol. The molecule has 1 aliphatic rings. The van der Waals surface area contributed by atoms with Crippen LogP contribution >= 0.6 is 0 Å². The first-order valence-electron chi connectivity index (χ1n) is 5.60. The van der Waals surface area contributed by atoms with E-state index in [1.807, 2.05) is 0 Å². The van der Waals surface area contributed by atoms with Crippen molar-refractivity contribution >= 4 is 10.0 Å². The maximum absolute atomic E-state index is 12.1. The Balaban J connectivity index is 2.15. The number of aliphatic hydroxyl groups excluding tert-OH is 1. The van der Waals surface area contributed by atoms with E-state index in [0.29, 0.717) is 24.1 Å². The SMILES string of the molecule is Cc1[nH]nc(CO)c1S(=O)(=O)NCC1CC1C. The molecule has 2 atom stereocenters. The number of aromatic nitrogens is 2. The molecule has 1 heterocycles. The zero-order chi connectivity index (χ0) is 12.6. The lowest BCUT2D eigenvalue weighted by Gasteiger charge is -2.06. The summed E-state index contributed by atoms with van der Waals surface area (Å²) in [6, 6.07) is 0. The first-order valence-corrected chi connectivity index (χ1v) is 7.08. The van der Waals surface area contributed by atoms with E-state index in [4.69, 9.17) is 5.11 Å². The van der Waals surface area contributed by atoms with Gasteiger partial charge < -0.3 is 5.11 Å². The minimum atomic E-state index is -3.57. The van der Waals surface area contributed by atoms with Crippen molar-refractivity contribution in [2.24, 2.45) is 11.8 Å². The Hall–Kier alpha value is -0.920. The summed E-state index contributed by atoms with van der Waals surface area (Å²) in [7, 11) is -3.57. The number of H-pyrrole nitrogens is 1. The largest absolute Gasteiger partial charge is 0.390 e. The number of aryl methyl sites for hydroxylation is 1. The summed E-state index contributed by atoms with van der Waals surface area (Å²) in [5, 5.41) is 15.4. The lowest BCUT2D eigenvalue weighted by Crippen LogP contribution is -2.27. The Bertz CT molecular complexity index is 509. The van der Waals surface area contributed by atoms with E-state index in [9.17, 15) is 8.42 Å².